The second kappa shape index (κ2) is 9.36. The van der Waals surface area contributed by atoms with Gasteiger partial charge in [0, 0.05) is 31.9 Å². The maximum atomic E-state index is 12.6. The van der Waals surface area contributed by atoms with Crippen LogP contribution in [0.15, 0.2) is 30.0 Å². The normalized spacial score (nSPS) is 19.5. The van der Waals surface area contributed by atoms with E-state index in [1.165, 1.54) is 6.20 Å². The second-order valence-corrected chi connectivity index (χ2v) is 9.85. The predicted molar refractivity (Wildman–Crippen MR) is 110 cm³/mol. The summed E-state index contributed by atoms with van der Waals surface area (Å²) in [7, 11) is 0.743. The number of sulfone groups is 1. The standard InChI is InChI=1S/C20H26N4O5S/c1-23(2)6-7-24(17-5-8-30(26,27)13-17)12-16(10-21)20(25)22-11-15-3-4-18-19(9-15)29-14-28-18/h3-4,9,12,17H,5-8,11,13-14H2,1-2H3,(H,22,25)/b16-12-. The second-order valence-electron chi connectivity index (χ2n) is 7.62. The van der Waals surface area contributed by atoms with Crippen molar-refractivity contribution in [3.8, 4) is 17.6 Å². The molecule has 3 rings (SSSR count). The molecule has 0 saturated carbocycles. The summed E-state index contributed by atoms with van der Waals surface area (Å²) in [5.41, 5.74) is 0.759. The zero-order chi connectivity index (χ0) is 21.7. The number of carbonyl (C=O) groups is 1. The summed E-state index contributed by atoms with van der Waals surface area (Å²) >= 11 is 0. The van der Waals surface area contributed by atoms with Crippen LogP contribution in [-0.2, 0) is 21.2 Å². The molecule has 162 valence electrons. The lowest BCUT2D eigenvalue weighted by atomic mass is 10.2. The topological polar surface area (TPSA) is 112 Å². The van der Waals surface area contributed by atoms with Gasteiger partial charge in [-0.2, -0.15) is 5.26 Å². The van der Waals surface area contributed by atoms with E-state index in [4.69, 9.17) is 9.47 Å². The van der Waals surface area contributed by atoms with Crippen LogP contribution in [0.3, 0.4) is 0 Å². The van der Waals surface area contributed by atoms with Gasteiger partial charge in [0.2, 0.25) is 6.79 Å². The molecule has 2 heterocycles. The lowest BCUT2D eigenvalue weighted by Gasteiger charge is -2.28. The zero-order valence-electron chi connectivity index (χ0n) is 17.1. The van der Waals surface area contributed by atoms with Gasteiger partial charge in [-0.25, -0.2) is 8.42 Å². The zero-order valence-corrected chi connectivity index (χ0v) is 17.9. The van der Waals surface area contributed by atoms with E-state index >= 15 is 0 Å². The molecule has 1 unspecified atom stereocenters. The van der Waals surface area contributed by atoms with E-state index in [1.807, 2.05) is 36.0 Å². The van der Waals surface area contributed by atoms with Gasteiger partial charge in [-0.15, -0.1) is 0 Å². The fraction of sp³-hybridized carbons (Fsp3) is 0.500. The van der Waals surface area contributed by atoms with E-state index in [2.05, 4.69) is 5.32 Å². The van der Waals surface area contributed by atoms with Crippen LogP contribution in [-0.4, -0.2) is 75.7 Å². The Labute approximate surface area is 176 Å². The number of benzene rings is 1. The molecule has 0 aromatic heterocycles. The van der Waals surface area contributed by atoms with Crippen LogP contribution in [0.25, 0.3) is 0 Å². The van der Waals surface area contributed by atoms with Crippen LogP contribution in [0.1, 0.15) is 12.0 Å². The number of nitriles is 1. The highest BCUT2D eigenvalue weighted by atomic mass is 32.2. The highest BCUT2D eigenvalue weighted by Gasteiger charge is 2.31. The number of hydrogen-bond donors (Lipinski definition) is 1. The third kappa shape index (κ3) is 5.64. The predicted octanol–water partition coefficient (Wildman–Crippen LogP) is 0.490. The molecule has 2 aliphatic rings. The Morgan fingerprint density at radius 2 is 2.07 bits per heavy atom. The molecular formula is C20H26N4O5S. The molecule has 0 aliphatic carbocycles. The highest BCUT2D eigenvalue weighted by molar-refractivity contribution is 7.91. The van der Waals surface area contributed by atoms with Crippen molar-refractivity contribution in [1.82, 2.24) is 15.1 Å². The first-order valence-electron chi connectivity index (χ1n) is 9.67. The number of carbonyl (C=O) groups excluding carboxylic acids is 1. The van der Waals surface area contributed by atoms with Crippen molar-refractivity contribution >= 4 is 15.7 Å². The summed E-state index contributed by atoms with van der Waals surface area (Å²) in [6, 6.07) is 7.08. The van der Waals surface area contributed by atoms with Crippen molar-refractivity contribution in [1.29, 1.82) is 5.26 Å². The first kappa shape index (κ1) is 21.9. The maximum absolute atomic E-state index is 12.6. The van der Waals surface area contributed by atoms with E-state index in [9.17, 15) is 18.5 Å². The van der Waals surface area contributed by atoms with Crippen molar-refractivity contribution in [2.24, 2.45) is 0 Å². The number of hydrogen-bond acceptors (Lipinski definition) is 8. The Hall–Kier alpha value is -2.77. The third-order valence-corrected chi connectivity index (χ3v) is 6.78. The number of nitrogens with one attached hydrogen (secondary N) is 1. The van der Waals surface area contributed by atoms with Crippen molar-refractivity contribution < 1.29 is 22.7 Å². The summed E-state index contributed by atoms with van der Waals surface area (Å²) in [6.07, 6.45) is 1.98. The van der Waals surface area contributed by atoms with Crippen LogP contribution in [0.4, 0.5) is 0 Å². The summed E-state index contributed by atoms with van der Waals surface area (Å²) in [4.78, 5) is 16.4. The summed E-state index contributed by atoms with van der Waals surface area (Å²) in [5, 5.41) is 12.3. The van der Waals surface area contributed by atoms with Crippen molar-refractivity contribution in [3.63, 3.8) is 0 Å². The molecule has 0 radical (unpaired) electrons. The van der Waals surface area contributed by atoms with Crippen molar-refractivity contribution in [3.05, 3.63) is 35.5 Å². The van der Waals surface area contributed by atoms with E-state index in [0.29, 0.717) is 31.0 Å². The van der Waals surface area contributed by atoms with Gasteiger partial charge < -0.3 is 24.6 Å². The minimum atomic E-state index is -3.08. The van der Waals surface area contributed by atoms with E-state index in [1.54, 1.807) is 12.1 Å². The van der Waals surface area contributed by atoms with Gasteiger partial charge in [0.25, 0.3) is 5.91 Å². The minimum Gasteiger partial charge on any atom is -0.454 e. The van der Waals surface area contributed by atoms with Crippen LogP contribution in [0.2, 0.25) is 0 Å². The van der Waals surface area contributed by atoms with Gasteiger partial charge in [0.05, 0.1) is 11.5 Å². The minimum absolute atomic E-state index is 0.0362. The molecule has 1 amide bonds. The molecule has 1 fully saturated rings. The van der Waals surface area contributed by atoms with Gasteiger partial charge in [0.15, 0.2) is 21.3 Å². The van der Waals surface area contributed by atoms with E-state index in [-0.39, 0.29) is 36.5 Å². The smallest absolute Gasteiger partial charge is 0.263 e. The molecule has 1 aromatic carbocycles. The molecule has 0 bridgehead atoms. The van der Waals surface area contributed by atoms with Crippen molar-refractivity contribution in [2.45, 2.75) is 19.0 Å². The average Bonchev–Trinajstić information content (AvgIpc) is 3.31. The largest absolute Gasteiger partial charge is 0.454 e. The first-order valence-corrected chi connectivity index (χ1v) is 11.5. The molecule has 10 heteroatoms. The van der Waals surface area contributed by atoms with Gasteiger partial charge >= 0.3 is 0 Å². The van der Waals surface area contributed by atoms with Crippen LogP contribution < -0.4 is 14.8 Å². The lowest BCUT2D eigenvalue weighted by Crippen LogP contribution is -2.38. The Kier molecular flexibility index (Phi) is 6.84. The van der Waals surface area contributed by atoms with Gasteiger partial charge in [0.1, 0.15) is 11.6 Å². The Morgan fingerprint density at radius 3 is 2.73 bits per heavy atom. The number of likely N-dealkylation sites (N-methyl/N-ethyl adjacent to an activating group) is 1. The number of rotatable bonds is 8. The summed E-state index contributed by atoms with van der Waals surface area (Å²) < 4.78 is 34.4. The molecule has 30 heavy (non-hydrogen) atoms. The monoisotopic (exact) mass is 434 g/mol. The van der Waals surface area contributed by atoms with Crippen molar-refractivity contribution in [2.75, 3.05) is 45.5 Å². The molecule has 1 N–H and O–H groups in total. The summed E-state index contributed by atoms with van der Waals surface area (Å²) in [6.45, 7) is 1.59. The molecule has 1 aromatic rings. The first-order chi connectivity index (χ1) is 14.3. The van der Waals surface area contributed by atoms with Crippen LogP contribution in [0, 0.1) is 11.3 Å². The van der Waals surface area contributed by atoms with Gasteiger partial charge in [-0.3, -0.25) is 4.79 Å². The molecule has 9 nitrogen and oxygen atoms in total. The molecular weight excluding hydrogens is 408 g/mol. The Bertz CT molecular complexity index is 968. The third-order valence-electron chi connectivity index (χ3n) is 5.03. The molecule has 0 spiro atoms. The van der Waals surface area contributed by atoms with E-state index < -0.39 is 15.7 Å². The van der Waals surface area contributed by atoms with Gasteiger partial charge in [-0.05, 0) is 38.2 Å². The number of ether oxygens (including phenoxy) is 2. The Balaban J connectivity index is 1.68. The van der Waals surface area contributed by atoms with Gasteiger partial charge in [-0.1, -0.05) is 6.07 Å². The van der Waals surface area contributed by atoms with Crippen LogP contribution in [0.5, 0.6) is 11.5 Å². The average molecular weight is 435 g/mol. The number of fused-ring (bicyclic) bond motifs is 1. The van der Waals surface area contributed by atoms with E-state index in [0.717, 1.165) is 5.56 Å². The quantitative estimate of drug-likeness (QED) is 0.465. The Morgan fingerprint density at radius 1 is 1.30 bits per heavy atom. The fourth-order valence-electron chi connectivity index (χ4n) is 3.34. The highest BCUT2D eigenvalue weighted by Crippen LogP contribution is 2.32. The fourth-order valence-corrected chi connectivity index (χ4v) is 5.08. The number of nitrogens with zero attached hydrogens (tertiary/aromatic N) is 3. The SMILES string of the molecule is CN(C)CCN(/C=C(/C#N)C(=O)NCc1ccc2c(c1)OCO2)C1CCS(=O)(=O)C1. The number of amides is 1. The maximum Gasteiger partial charge on any atom is 0.263 e. The molecule has 1 saturated heterocycles. The molecule has 2 aliphatic heterocycles. The lowest BCUT2D eigenvalue weighted by molar-refractivity contribution is -0.117. The van der Waals surface area contributed by atoms with Crippen LogP contribution >= 0.6 is 0 Å². The molecule has 1 atom stereocenters. The summed E-state index contributed by atoms with van der Waals surface area (Å²) in [5.74, 6) is 0.933.